The second kappa shape index (κ2) is 7.54. The fraction of sp³-hybridized carbons (Fsp3) is 0.286. The number of hydrogen-bond acceptors (Lipinski definition) is 6. The fourth-order valence-electron chi connectivity index (χ4n) is 3.38. The number of aromatic nitrogens is 2. The van der Waals surface area contributed by atoms with Crippen molar-refractivity contribution in [2.24, 2.45) is 0 Å². The number of hydrogen-bond donors (Lipinski definition) is 0. The van der Waals surface area contributed by atoms with Crippen LogP contribution in [0.4, 0.5) is 10.2 Å². The maximum Gasteiger partial charge on any atom is 0.261 e. The molecule has 3 aromatic rings. The maximum absolute atomic E-state index is 13.8. The van der Waals surface area contributed by atoms with Gasteiger partial charge in [-0.3, -0.25) is 9.78 Å². The number of amides is 1. The van der Waals surface area contributed by atoms with Gasteiger partial charge in [-0.1, -0.05) is 11.2 Å². The summed E-state index contributed by atoms with van der Waals surface area (Å²) in [5.74, 6) is 0.325. The number of pyridine rings is 1. The van der Waals surface area contributed by atoms with Gasteiger partial charge in [-0.2, -0.15) is 0 Å². The van der Waals surface area contributed by atoms with E-state index in [2.05, 4.69) is 10.1 Å². The van der Waals surface area contributed by atoms with Gasteiger partial charge in [-0.25, -0.2) is 4.39 Å². The molecule has 1 aliphatic heterocycles. The quantitative estimate of drug-likeness (QED) is 0.660. The standard InChI is InChI=1S/C21H21FN4O3/c1-25(2)20-18(19(29-24-20)13-7-8-15(22)17(10-13)28-3)21(27)26-11-14(12-26)16-6-4-5-9-23-16/h4-10,14H,11-12H2,1-3H3. The Balaban J connectivity index is 1.65. The molecule has 7 nitrogen and oxygen atoms in total. The fourth-order valence-corrected chi connectivity index (χ4v) is 3.38. The van der Waals surface area contributed by atoms with Gasteiger partial charge in [0.1, 0.15) is 5.56 Å². The van der Waals surface area contributed by atoms with Crippen molar-refractivity contribution >= 4 is 11.7 Å². The van der Waals surface area contributed by atoms with Crippen LogP contribution in [0.2, 0.25) is 0 Å². The zero-order valence-electron chi connectivity index (χ0n) is 16.4. The number of anilines is 1. The van der Waals surface area contributed by atoms with Crippen molar-refractivity contribution in [3.05, 3.63) is 59.7 Å². The second-order valence-electron chi connectivity index (χ2n) is 7.12. The monoisotopic (exact) mass is 396 g/mol. The molecule has 0 N–H and O–H groups in total. The van der Waals surface area contributed by atoms with Crippen LogP contribution >= 0.6 is 0 Å². The average molecular weight is 396 g/mol. The normalized spacial score (nSPS) is 13.9. The van der Waals surface area contributed by atoms with Crippen LogP contribution in [0, 0.1) is 5.82 Å². The molecule has 0 spiro atoms. The summed E-state index contributed by atoms with van der Waals surface area (Å²) < 4.78 is 24.4. The number of carbonyl (C=O) groups excluding carboxylic acids is 1. The predicted molar refractivity (Wildman–Crippen MR) is 106 cm³/mol. The van der Waals surface area contributed by atoms with Gasteiger partial charge in [0.25, 0.3) is 5.91 Å². The summed E-state index contributed by atoms with van der Waals surface area (Å²) in [4.78, 5) is 21.1. The van der Waals surface area contributed by atoms with E-state index in [4.69, 9.17) is 9.26 Å². The average Bonchev–Trinajstić information content (AvgIpc) is 3.13. The summed E-state index contributed by atoms with van der Waals surface area (Å²) >= 11 is 0. The van der Waals surface area contributed by atoms with E-state index >= 15 is 0 Å². The van der Waals surface area contributed by atoms with Gasteiger partial charge in [-0.15, -0.1) is 0 Å². The SMILES string of the molecule is COc1cc(-c2onc(N(C)C)c2C(=O)N2CC(c3ccccn3)C2)ccc1F. The largest absolute Gasteiger partial charge is 0.494 e. The molecule has 1 fully saturated rings. The van der Waals surface area contributed by atoms with Crippen LogP contribution in [0.3, 0.4) is 0 Å². The van der Waals surface area contributed by atoms with Crippen molar-refractivity contribution in [2.45, 2.75) is 5.92 Å². The molecular weight excluding hydrogens is 375 g/mol. The van der Waals surface area contributed by atoms with Crippen LogP contribution in [0.25, 0.3) is 11.3 Å². The molecular formula is C21H21FN4O3. The predicted octanol–water partition coefficient (Wildman–Crippen LogP) is 3.19. The lowest BCUT2D eigenvalue weighted by molar-refractivity contribution is 0.0599. The lowest BCUT2D eigenvalue weighted by Crippen LogP contribution is -2.49. The van der Waals surface area contributed by atoms with Crippen molar-refractivity contribution in [1.29, 1.82) is 0 Å². The number of benzene rings is 1. The Morgan fingerprint density at radius 2 is 2.07 bits per heavy atom. The minimum absolute atomic E-state index is 0.0721. The number of carbonyl (C=O) groups is 1. The molecule has 0 atom stereocenters. The van der Waals surface area contributed by atoms with E-state index in [-0.39, 0.29) is 17.6 Å². The second-order valence-corrected chi connectivity index (χ2v) is 7.12. The molecule has 1 amide bonds. The van der Waals surface area contributed by atoms with E-state index in [0.717, 1.165) is 5.69 Å². The topological polar surface area (TPSA) is 71.7 Å². The summed E-state index contributed by atoms with van der Waals surface area (Å²) in [5.41, 5.74) is 1.84. The Kier molecular flexibility index (Phi) is 4.92. The van der Waals surface area contributed by atoms with Crippen LogP contribution in [0.1, 0.15) is 22.0 Å². The van der Waals surface area contributed by atoms with Gasteiger partial charge < -0.3 is 19.1 Å². The lowest BCUT2D eigenvalue weighted by Gasteiger charge is -2.39. The number of methoxy groups -OCH3 is 1. The molecule has 1 saturated heterocycles. The number of ether oxygens (including phenoxy) is 1. The Morgan fingerprint density at radius 1 is 1.28 bits per heavy atom. The molecule has 4 rings (SSSR count). The highest BCUT2D eigenvalue weighted by Crippen LogP contribution is 2.36. The highest BCUT2D eigenvalue weighted by molar-refractivity contribution is 6.04. The van der Waals surface area contributed by atoms with Crippen LogP contribution in [-0.2, 0) is 0 Å². The summed E-state index contributed by atoms with van der Waals surface area (Å²) in [7, 11) is 4.96. The highest BCUT2D eigenvalue weighted by Gasteiger charge is 2.37. The molecule has 0 radical (unpaired) electrons. The molecule has 150 valence electrons. The first kappa shape index (κ1) is 18.9. The van der Waals surface area contributed by atoms with E-state index in [1.807, 2.05) is 18.2 Å². The molecule has 0 unspecified atom stereocenters. The van der Waals surface area contributed by atoms with Gasteiger partial charge in [0.05, 0.1) is 7.11 Å². The molecule has 2 aromatic heterocycles. The molecule has 29 heavy (non-hydrogen) atoms. The van der Waals surface area contributed by atoms with Crippen LogP contribution < -0.4 is 9.64 Å². The van der Waals surface area contributed by atoms with Crippen LogP contribution in [0.15, 0.2) is 47.1 Å². The van der Waals surface area contributed by atoms with E-state index in [1.54, 1.807) is 36.2 Å². The highest BCUT2D eigenvalue weighted by atomic mass is 19.1. The Morgan fingerprint density at radius 3 is 2.72 bits per heavy atom. The molecule has 1 aromatic carbocycles. The van der Waals surface area contributed by atoms with Crippen molar-refractivity contribution < 1.29 is 18.4 Å². The summed E-state index contributed by atoms with van der Waals surface area (Å²) in [6.45, 7) is 1.14. The first-order valence-corrected chi connectivity index (χ1v) is 9.20. The molecule has 0 bridgehead atoms. The first-order valence-electron chi connectivity index (χ1n) is 9.20. The molecule has 8 heteroatoms. The summed E-state index contributed by atoms with van der Waals surface area (Å²) in [6, 6.07) is 10.1. The van der Waals surface area contributed by atoms with Crippen molar-refractivity contribution in [1.82, 2.24) is 15.0 Å². The van der Waals surface area contributed by atoms with Gasteiger partial charge >= 0.3 is 0 Å². The number of nitrogens with zero attached hydrogens (tertiary/aromatic N) is 4. The molecule has 1 aliphatic rings. The van der Waals surface area contributed by atoms with Gasteiger partial charge in [-0.05, 0) is 30.3 Å². The van der Waals surface area contributed by atoms with Crippen molar-refractivity contribution in [2.75, 3.05) is 39.2 Å². The number of likely N-dealkylation sites (tertiary alicyclic amines) is 1. The smallest absolute Gasteiger partial charge is 0.261 e. The summed E-state index contributed by atoms with van der Waals surface area (Å²) in [5, 5.41) is 4.07. The minimum atomic E-state index is -0.488. The lowest BCUT2D eigenvalue weighted by atomic mass is 9.94. The van der Waals surface area contributed by atoms with Gasteiger partial charge in [0.2, 0.25) is 0 Å². The third kappa shape index (κ3) is 3.41. The molecule has 3 heterocycles. The zero-order chi connectivity index (χ0) is 20.5. The summed E-state index contributed by atoms with van der Waals surface area (Å²) in [6.07, 6.45) is 1.75. The molecule has 0 saturated carbocycles. The van der Waals surface area contributed by atoms with E-state index in [0.29, 0.717) is 35.8 Å². The van der Waals surface area contributed by atoms with E-state index in [9.17, 15) is 9.18 Å². The van der Waals surface area contributed by atoms with Gasteiger partial charge in [0.15, 0.2) is 23.1 Å². The first-order chi connectivity index (χ1) is 14.0. The minimum Gasteiger partial charge on any atom is -0.494 e. The van der Waals surface area contributed by atoms with Crippen LogP contribution in [-0.4, -0.2) is 55.2 Å². The van der Waals surface area contributed by atoms with Crippen molar-refractivity contribution in [3.63, 3.8) is 0 Å². The van der Waals surface area contributed by atoms with E-state index in [1.165, 1.54) is 19.2 Å². The third-order valence-corrected chi connectivity index (χ3v) is 5.00. The number of rotatable bonds is 5. The third-order valence-electron chi connectivity index (χ3n) is 5.00. The Bertz CT molecular complexity index is 1030. The maximum atomic E-state index is 13.8. The van der Waals surface area contributed by atoms with Crippen molar-refractivity contribution in [3.8, 4) is 17.1 Å². The van der Waals surface area contributed by atoms with E-state index < -0.39 is 5.82 Å². The Hall–Kier alpha value is -3.42. The number of halogens is 1. The van der Waals surface area contributed by atoms with Gasteiger partial charge in [0, 0.05) is 50.6 Å². The molecule has 0 aliphatic carbocycles. The van der Waals surface area contributed by atoms with Crippen LogP contribution in [0.5, 0.6) is 5.75 Å². The zero-order valence-corrected chi connectivity index (χ0v) is 16.4. The Labute approximate surface area is 167 Å².